The molecule has 0 heterocycles. The minimum atomic E-state index is -0.705. The second-order valence-corrected chi connectivity index (χ2v) is 3.85. The van der Waals surface area contributed by atoms with Crippen molar-refractivity contribution >= 4 is 0 Å². The minimum Gasteiger partial charge on any atom is -0.301 e. The van der Waals surface area contributed by atoms with Crippen molar-refractivity contribution in [1.82, 2.24) is 4.90 Å². The molecule has 0 unspecified atom stereocenters. The van der Waals surface area contributed by atoms with E-state index in [-0.39, 0.29) is 5.54 Å². The quantitative estimate of drug-likeness (QED) is 0.621. The van der Waals surface area contributed by atoms with Gasteiger partial charge in [-0.25, -0.2) is 4.39 Å². The Morgan fingerprint density at radius 2 is 1.92 bits per heavy atom. The Bertz CT molecular complexity index is 125. The average molecular weight is 175 g/mol. The first-order valence-electron chi connectivity index (χ1n) is 4.81. The van der Waals surface area contributed by atoms with Crippen LogP contribution < -0.4 is 0 Å². The summed E-state index contributed by atoms with van der Waals surface area (Å²) < 4.78 is 12.9. The predicted octanol–water partition coefficient (Wildman–Crippen LogP) is 2.85. The minimum absolute atomic E-state index is 0.0307. The van der Waals surface area contributed by atoms with E-state index in [0.717, 1.165) is 13.0 Å². The Labute approximate surface area is 75.9 Å². The lowest BCUT2D eigenvalue weighted by atomic mass is 9.90. The second kappa shape index (κ2) is 4.80. The van der Waals surface area contributed by atoms with Crippen molar-refractivity contribution in [3.8, 4) is 0 Å². The fourth-order valence-electron chi connectivity index (χ4n) is 1.56. The molecule has 0 bridgehead atoms. The van der Waals surface area contributed by atoms with E-state index in [1.165, 1.54) is 0 Å². The maximum atomic E-state index is 12.9. The van der Waals surface area contributed by atoms with E-state index < -0.39 is 6.17 Å². The molecule has 0 aliphatic rings. The van der Waals surface area contributed by atoms with Crippen molar-refractivity contribution in [1.29, 1.82) is 0 Å². The maximum Gasteiger partial charge on any atom is 0.0991 e. The Morgan fingerprint density at radius 3 is 2.17 bits per heavy atom. The predicted molar refractivity (Wildman–Crippen MR) is 52.2 cm³/mol. The fraction of sp³-hybridized carbons (Fsp3) is 1.00. The molecule has 0 rings (SSSR count). The van der Waals surface area contributed by atoms with Crippen LogP contribution in [0.25, 0.3) is 0 Å². The van der Waals surface area contributed by atoms with Gasteiger partial charge in [0.05, 0.1) is 6.17 Å². The van der Waals surface area contributed by atoms with Crippen molar-refractivity contribution in [3.63, 3.8) is 0 Å². The van der Waals surface area contributed by atoms with Crippen LogP contribution in [-0.2, 0) is 0 Å². The van der Waals surface area contributed by atoms with Crippen molar-refractivity contribution in [3.05, 3.63) is 0 Å². The van der Waals surface area contributed by atoms with Crippen LogP contribution in [0, 0.1) is 0 Å². The molecular formula is C10H22FN. The highest BCUT2D eigenvalue weighted by molar-refractivity contribution is 4.84. The lowest BCUT2D eigenvalue weighted by molar-refractivity contribution is 0.0984. The third-order valence-corrected chi connectivity index (χ3v) is 2.88. The topological polar surface area (TPSA) is 3.24 Å². The zero-order chi connectivity index (χ0) is 9.78. The van der Waals surface area contributed by atoms with Gasteiger partial charge in [-0.15, -0.1) is 0 Å². The first-order valence-corrected chi connectivity index (χ1v) is 4.81. The molecular weight excluding hydrogens is 153 g/mol. The molecule has 2 atom stereocenters. The molecule has 0 aromatic rings. The lowest BCUT2D eigenvalue weighted by Gasteiger charge is -2.38. The van der Waals surface area contributed by atoms with Crippen molar-refractivity contribution in [2.24, 2.45) is 0 Å². The van der Waals surface area contributed by atoms with E-state index in [1.54, 1.807) is 6.92 Å². The summed E-state index contributed by atoms with van der Waals surface area (Å²) in [6.07, 6.45) is 0.934. The molecule has 0 saturated carbocycles. The third kappa shape index (κ3) is 3.10. The SMILES string of the molecule is CCN(C)[C@@](C)(CC)C[C@H](C)F. The second-order valence-electron chi connectivity index (χ2n) is 3.85. The molecule has 0 spiro atoms. The summed E-state index contributed by atoms with van der Waals surface area (Å²) in [5, 5.41) is 0. The third-order valence-electron chi connectivity index (χ3n) is 2.88. The molecule has 2 heteroatoms. The van der Waals surface area contributed by atoms with Crippen LogP contribution in [0.2, 0.25) is 0 Å². The molecule has 0 saturated heterocycles. The van der Waals surface area contributed by atoms with Crippen molar-refractivity contribution in [2.75, 3.05) is 13.6 Å². The summed E-state index contributed by atoms with van der Waals surface area (Å²) in [5.41, 5.74) is 0.0307. The lowest BCUT2D eigenvalue weighted by Crippen LogP contribution is -2.44. The Balaban J connectivity index is 4.22. The van der Waals surface area contributed by atoms with E-state index >= 15 is 0 Å². The average Bonchev–Trinajstić information content (AvgIpc) is 2.01. The summed E-state index contributed by atoms with van der Waals surface area (Å²) in [7, 11) is 2.06. The van der Waals surface area contributed by atoms with Crippen LogP contribution in [0.5, 0.6) is 0 Å². The molecule has 0 radical (unpaired) electrons. The van der Waals surface area contributed by atoms with Gasteiger partial charge in [0.2, 0.25) is 0 Å². The van der Waals surface area contributed by atoms with Gasteiger partial charge < -0.3 is 4.90 Å². The number of halogens is 1. The monoisotopic (exact) mass is 175 g/mol. The van der Waals surface area contributed by atoms with Crippen LogP contribution in [0.3, 0.4) is 0 Å². The van der Waals surface area contributed by atoms with Gasteiger partial charge in [-0.2, -0.15) is 0 Å². The highest BCUT2D eigenvalue weighted by Gasteiger charge is 2.28. The molecule has 74 valence electrons. The zero-order valence-corrected chi connectivity index (χ0v) is 9.02. The van der Waals surface area contributed by atoms with Crippen LogP contribution >= 0.6 is 0 Å². The van der Waals surface area contributed by atoms with Gasteiger partial charge in [0.25, 0.3) is 0 Å². The summed E-state index contributed by atoms with van der Waals surface area (Å²) in [5.74, 6) is 0. The molecule has 0 aliphatic carbocycles. The van der Waals surface area contributed by atoms with E-state index in [9.17, 15) is 4.39 Å². The highest BCUT2D eigenvalue weighted by Crippen LogP contribution is 2.24. The van der Waals surface area contributed by atoms with E-state index in [4.69, 9.17) is 0 Å². The first kappa shape index (κ1) is 11.9. The zero-order valence-electron chi connectivity index (χ0n) is 9.02. The van der Waals surface area contributed by atoms with E-state index in [1.807, 2.05) is 0 Å². The Morgan fingerprint density at radius 1 is 1.42 bits per heavy atom. The van der Waals surface area contributed by atoms with Gasteiger partial charge in [0.1, 0.15) is 0 Å². The molecule has 12 heavy (non-hydrogen) atoms. The number of nitrogens with zero attached hydrogens (tertiary/aromatic N) is 1. The van der Waals surface area contributed by atoms with Crippen LogP contribution in [0.15, 0.2) is 0 Å². The number of rotatable bonds is 5. The standard InChI is InChI=1S/C10H22FN/c1-6-10(4,8-9(3)11)12(5)7-2/h9H,6-8H2,1-5H3/t9-,10-/m0/s1. The summed E-state index contributed by atoms with van der Waals surface area (Å²) in [6.45, 7) is 8.98. The van der Waals surface area contributed by atoms with Crippen LogP contribution in [0.1, 0.15) is 40.5 Å². The largest absolute Gasteiger partial charge is 0.301 e. The van der Waals surface area contributed by atoms with E-state index in [0.29, 0.717) is 6.42 Å². The molecule has 1 nitrogen and oxygen atoms in total. The van der Waals surface area contributed by atoms with Crippen molar-refractivity contribution < 1.29 is 4.39 Å². The van der Waals surface area contributed by atoms with Gasteiger partial charge in [-0.1, -0.05) is 13.8 Å². The maximum absolute atomic E-state index is 12.9. The van der Waals surface area contributed by atoms with Gasteiger partial charge in [-0.05, 0) is 40.3 Å². The van der Waals surface area contributed by atoms with E-state index in [2.05, 4.69) is 32.7 Å². The summed E-state index contributed by atoms with van der Waals surface area (Å²) in [4.78, 5) is 2.23. The van der Waals surface area contributed by atoms with Crippen LogP contribution in [0.4, 0.5) is 4.39 Å². The molecule has 0 N–H and O–H groups in total. The Hall–Kier alpha value is -0.110. The normalized spacial score (nSPS) is 19.2. The first-order chi connectivity index (χ1) is 5.46. The van der Waals surface area contributed by atoms with Gasteiger partial charge in [-0.3, -0.25) is 0 Å². The van der Waals surface area contributed by atoms with Crippen LogP contribution in [-0.4, -0.2) is 30.2 Å². The molecule has 0 aliphatic heterocycles. The van der Waals surface area contributed by atoms with Gasteiger partial charge >= 0.3 is 0 Å². The summed E-state index contributed by atoms with van der Waals surface area (Å²) in [6, 6.07) is 0. The molecule has 0 amide bonds. The van der Waals surface area contributed by atoms with Crippen molar-refractivity contribution in [2.45, 2.75) is 52.2 Å². The molecule has 0 fully saturated rings. The van der Waals surface area contributed by atoms with Gasteiger partial charge in [0.15, 0.2) is 0 Å². The molecule has 0 aromatic heterocycles. The smallest absolute Gasteiger partial charge is 0.0991 e. The number of alkyl halides is 1. The van der Waals surface area contributed by atoms with Gasteiger partial charge in [0, 0.05) is 5.54 Å². The highest BCUT2D eigenvalue weighted by atomic mass is 19.1. The molecule has 0 aromatic carbocycles. The fourth-order valence-corrected chi connectivity index (χ4v) is 1.56. The Kier molecular flexibility index (Phi) is 4.76. The summed E-state index contributed by atoms with van der Waals surface area (Å²) >= 11 is 0. The number of hydrogen-bond acceptors (Lipinski definition) is 1. The number of hydrogen-bond donors (Lipinski definition) is 0.